The first-order valence-corrected chi connectivity index (χ1v) is 6.74. The number of carboxylic acids is 1. The van der Waals surface area contributed by atoms with Crippen LogP contribution in [0.2, 0.25) is 0 Å². The van der Waals surface area contributed by atoms with Crippen LogP contribution in [0.3, 0.4) is 0 Å². The smallest absolute Gasteiger partial charge is 0.304 e. The summed E-state index contributed by atoms with van der Waals surface area (Å²) in [5.41, 5.74) is 2.27. The maximum atomic E-state index is 10.8. The molecule has 0 aromatic heterocycles. The topological polar surface area (TPSA) is 49.3 Å². The first-order chi connectivity index (χ1) is 9.66. The van der Waals surface area contributed by atoms with Gasteiger partial charge in [0.1, 0.15) is 0 Å². The number of aliphatic carboxylic acids is 1. The Labute approximate surface area is 119 Å². The highest BCUT2D eigenvalue weighted by molar-refractivity contribution is 5.67. The van der Waals surface area contributed by atoms with Crippen molar-refractivity contribution in [2.24, 2.45) is 0 Å². The van der Waals surface area contributed by atoms with E-state index < -0.39 is 5.97 Å². The lowest BCUT2D eigenvalue weighted by Gasteiger charge is -2.23. The number of carbonyl (C=O) groups is 1. The van der Waals surface area contributed by atoms with Crippen LogP contribution in [0.5, 0.6) is 0 Å². The van der Waals surface area contributed by atoms with E-state index in [2.05, 4.69) is 29.6 Å². The number of hydrogen-bond donors (Lipinski definition) is 2. The third-order valence-electron chi connectivity index (χ3n) is 3.20. The maximum absolute atomic E-state index is 10.8. The van der Waals surface area contributed by atoms with Gasteiger partial charge >= 0.3 is 5.97 Å². The van der Waals surface area contributed by atoms with Gasteiger partial charge in [-0.25, -0.2) is 0 Å². The third kappa shape index (κ3) is 3.93. The Morgan fingerprint density at radius 2 is 1.45 bits per heavy atom. The van der Waals surface area contributed by atoms with Crippen LogP contribution in [-0.2, 0) is 4.79 Å². The monoisotopic (exact) mass is 269 g/mol. The molecule has 0 spiro atoms. The molecule has 2 rings (SSSR count). The van der Waals surface area contributed by atoms with E-state index in [4.69, 9.17) is 5.11 Å². The van der Waals surface area contributed by atoms with Crippen molar-refractivity contribution in [1.82, 2.24) is 5.32 Å². The molecule has 0 aliphatic rings. The van der Waals surface area contributed by atoms with E-state index in [1.165, 1.54) is 0 Å². The summed E-state index contributed by atoms with van der Waals surface area (Å²) in [6.45, 7) is 1.90. The van der Waals surface area contributed by atoms with Gasteiger partial charge in [0.2, 0.25) is 0 Å². The highest BCUT2D eigenvalue weighted by Crippen LogP contribution is 2.22. The third-order valence-corrected chi connectivity index (χ3v) is 3.20. The molecule has 0 aliphatic heterocycles. The zero-order valence-corrected chi connectivity index (χ0v) is 11.5. The van der Waals surface area contributed by atoms with E-state index in [0.29, 0.717) is 0 Å². The lowest BCUT2D eigenvalue weighted by atomic mass is 9.97. The van der Waals surface area contributed by atoms with E-state index in [1.54, 1.807) is 0 Å². The molecule has 0 radical (unpaired) electrons. The molecule has 0 fully saturated rings. The fourth-order valence-corrected chi connectivity index (χ4v) is 2.28. The lowest BCUT2D eigenvalue weighted by Crippen LogP contribution is -2.33. The molecule has 0 bridgehead atoms. The maximum Gasteiger partial charge on any atom is 0.304 e. The summed E-state index contributed by atoms with van der Waals surface area (Å²) < 4.78 is 0. The van der Waals surface area contributed by atoms with Crippen LogP contribution in [-0.4, -0.2) is 17.1 Å². The summed E-state index contributed by atoms with van der Waals surface area (Å²) >= 11 is 0. The van der Waals surface area contributed by atoms with E-state index in [1.807, 2.05) is 43.3 Å². The highest BCUT2D eigenvalue weighted by atomic mass is 16.4. The van der Waals surface area contributed by atoms with Gasteiger partial charge in [-0.3, -0.25) is 4.79 Å². The minimum Gasteiger partial charge on any atom is -0.481 e. The van der Waals surface area contributed by atoms with Gasteiger partial charge in [-0.1, -0.05) is 60.7 Å². The molecule has 20 heavy (non-hydrogen) atoms. The summed E-state index contributed by atoms with van der Waals surface area (Å²) in [4.78, 5) is 10.8. The Bertz CT molecular complexity index is 500. The van der Waals surface area contributed by atoms with Crippen molar-refractivity contribution < 1.29 is 9.90 Å². The zero-order valence-electron chi connectivity index (χ0n) is 11.5. The second-order valence-electron chi connectivity index (χ2n) is 4.92. The Kier molecular flexibility index (Phi) is 4.91. The molecule has 3 heteroatoms. The number of carboxylic acid groups (broad SMARTS) is 1. The SMILES string of the molecule is CC(CC(=O)O)NC(c1ccccc1)c1ccccc1. The van der Waals surface area contributed by atoms with Crippen LogP contribution in [0.4, 0.5) is 0 Å². The molecule has 3 nitrogen and oxygen atoms in total. The summed E-state index contributed by atoms with van der Waals surface area (Å²) in [6, 6.07) is 20.1. The molecule has 0 saturated heterocycles. The van der Waals surface area contributed by atoms with E-state index >= 15 is 0 Å². The second-order valence-corrected chi connectivity index (χ2v) is 4.92. The fourth-order valence-electron chi connectivity index (χ4n) is 2.28. The number of benzene rings is 2. The summed E-state index contributed by atoms with van der Waals surface area (Å²) in [6.07, 6.45) is 0.107. The van der Waals surface area contributed by atoms with Crippen LogP contribution in [0.25, 0.3) is 0 Å². The number of nitrogens with one attached hydrogen (secondary N) is 1. The standard InChI is InChI=1S/C17H19NO2/c1-13(12-16(19)20)18-17(14-8-4-2-5-9-14)15-10-6-3-7-11-15/h2-11,13,17-18H,12H2,1H3,(H,19,20). The van der Waals surface area contributed by atoms with Crippen LogP contribution < -0.4 is 5.32 Å². The highest BCUT2D eigenvalue weighted by Gasteiger charge is 2.17. The molecule has 2 N–H and O–H groups in total. The quantitative estimate of drug-likeness (QED) is 0.846. The van der Waals surface area contributed by atoms with Crippen molar-refractivity contribution in [3.63, 3.8) is 0 Å². The van der Waals surface area contributed by atoms with Crippen LogP contribution in [0.15, 0.2) is 60.7 Å². The van der Waals surface area contributed by atoms with Crippen molar-refractivity contribution >= 4 is 5.97 Å². The molecule has 104 valence electrons. The minimum absolute atomic E-state index is 0.00625. The molecule has 1 atom stereocenters. The number of rotatable bonds is 6. The van der Waals surface area contributed by atoms with Gasteiger partial charge in [-0.15, -0.1) is 0 Å². The predicted octanol–water partition coefficient (Wildman–Crippen LogP) is 3.23. The Morgan fingerprint density at radius 1 is 1.00 bits per heavy atom. The first kappa shape index (κ1) is 14.3. The Balaban J connectivity index is 2.24. The van der Waals surface area contributed by atoms with Crippen molar-refractivity contribution in [1.29, 1.82) is 0 Å². The summed E-state index contributed by atoms with van der Waals surface area (Å²) in [5, 5.41) is 12.3. The normalized spacial score (nSPS) is 12.3. The minimum atomic E-state index is -0.787. The molecule has 0 saturated carbocycles. The molecule has 1 unspecified atom stereocenters. The van der Waals surface area contributed by atoms with Gasteiger partial charge < -0.3 is 10.4 Å². The van der Waals surface area contributed by atoms with Crippen molar-refractivity contribution in [3.8, 4) is 0 Å². The van der Waals surface area contributed by atoms with Gasteiger partial charge in [0.05, 0.1) is 12.5 Å². The van der Waals surface area contributed by atoms with Gasteiger partial charge in [-0.2, -0.15) is 0 Å². The van der Waals surface area contributed by atoms with Gasteiger partial charge in [0.15, 0.2) is 0 Å². The van der Waals surface area contributed by atoms with Gasteiger partial charge in [-0.05, 0) is 18.1 Å². The summed E-state index contributed by atoms with van der Waals surface area (Å²) in [7, 11) is 0. The average molecular weight is 269 g/mol. The van der Waals surface area contributed by atoms with E-state index in [-0.39, 0.29) is 18.5 Å². The Morgan fingerprint density at radius 3 is 1.85 bits per heavy atom. The van der Waals surface area contributed by atoms with Crippen LogP contribution in [0.1, 0.15) is 30.5 Å². The lowest BCUT2D eigenvalue weighted by molar-refractivity contribution is -0.137. The molecule has 0 amide bonds. The van der Waals surface area contributed by atoms with Gasteiger partial charge in [0, 0.05) is 6.04 Å². The van der Waals surface area contributed by atoms with E-state index in [9.17, 15) is 4.79 Å². The molecule has 2 aromatic carbocycles. The van der Waals surface area contributed by atoms with Crippen LogP contribution in [0, 0.1) is 0 Å². The molecule has 0 aliphatic carbocycles. The van der Waals surface area contributed by atoms with Crippen LogP contribution >= 0.6 is 0 Å². The second kappa shape index (κ2) is 6.87. The molecule has 0 heterocycles. The first-order valence-electron chi connectivity index (χ1n) is 6.74. The molecular weight excluding hydrogens is 250 g/mol. The molecule has 2 aromatic rings. The van der Waals surface area contributed by atoms with Crippen molar-refractivity contribution in [2.45, 2.75) is 25.4 Å². The number of hydrogen-bond acceptors (Lipinski definition) is 2. The average Bonchev–Trinajstić information content (AvgIpc) is 2.46. The van der Waals surface area contributed by atoms with E-state index in [0.717, 1.165) is 11.1 Å². The predicted molar refractivity (Wildman–Crippen MR) is 79.6 cm³/mol. The summed E-state index contributed by atoms with van der Waals surface area (Å²) in [5.74, 6) is -0.787. The van der Waals surface area contributed by atoms with Crippen molar-refractivity contribution in [2.75, 3.05) is 0 Å². The van der Waals surface area contributed by atoms with Crippen molar-refractivity contribution in [3.05, 3.63) is 71.8 Å². The van der Waals surface area contributed by atoms with Gasteiger partial charge in [0.25, 0.3) is 0 Å². The zero-order chi connectivity index (χ0) is 14.4. The molecular formula is C17H19NO2. The fraction of sp³-hybridized carbons (Fsp3) is 0.235. The Hall–Kier alpha value is -2.13. The largest absolute Gasteiger partial charge is 0.481 e.